The summed E-state index contributed by atoms with van der Waals surface area (Å²) < 4.78 is 6.20. The quantitative estimate of drug-likeness (QED) is 0.676. The van der Waals surface area contributed by atoms with Crippen LogP contribution in [0.5, 0.6) is 0 Å². The van der Waals surface area contributed by atoms with E-state index in [2.05, 4.69) is 26.2 Å². The van der Waals surface area contributed by atoms with Crippen LogP contribution >= 0.6 is 15.9 Å². The smallest absolute Gasteiger partial charge is 0.311 e. The van der Waals surface area contributed by atoms with Crippen LogP contribution in [0.2, 0.25) is 0 Å². The number of rotatable bonds is 3. The van der Waals surface area contributed by atoms with Crippen molar-refractivity contribution in [2.45, 2.75) is 18.9 Å². The molecule has 110 valence electrons. The lowest BCUT2D eigenvalue weighted by Gasteiger charge is -2.24. The summed E-state index contributed by atoms with van der Waals surface area (Å²) in [4.78, 5) is 15.1. The van der Waals surface area contributed by atoms with E-state index in [1.807, 2.05) is 18.2 Å². The molecule has 0 radical (unpaired) electrons. The highest BCUT2D eigenvalue weighted by molar-refractivity contribution is 9.10. The van der Waals surface area contributed by atoms with Gasteiger partial charge in [0.1, 0.15) is 11.9 Å². The van der Waals surface area contributed by atoms with Crippen molar-refractivity contribution >= 4 is 38.2 Å². The highest BCUT2D eigenvalue weighted by atomic mass is 79.9. The van der Waals surface area contributed by atoms with E-state index in [1.54, 1.807) is 0 Å². The van der Waals surface area contributed by atoms with Crippen molar-refractivity contribution in [3.63, 3.8) is 0 Å². The Kier molecular flexibility index (Phi) is 4.03. The summed E-state index contributed by atoms with van der Waals surface area (Å²) in [5, 5.41) is 15.4. The molecule has 6 nitrogen and oxygen atoms in total. The second-order valence-electron chi connectivity index (χ2n) is 4.97. The molecule has 1 N–H and O–H groups in total. The van der Waals surface area contributed by atoms with Crippen molar-refractivity contribution < 1.29 is 9.66 Å². The Bertz CT molecular complexity index is 686. The minimum atomic E-state index is -0.394. The molecule has 0 bridgehead atoms. The Morgan fingerprint density at radius 2 is 2.14 bits per heavy atom. The van der Waals surface area contributed by atoms with Crippen molar-refractivity contribution in [1.29, 1.82) is 0 Å². The maximum Gasteiger partial charge on any atom is 0.311 e. The van der Waals surface area contributed by atoms with Crippen molar-refractivity contribution in [2.24, 2.45) is 0 Å². The summed E-state index contributed by atoms with van der Waals surface area (Å²) in [6.07, 6.45) is 3.00. The first kappa shape index (κ1) is 14.2. The molecular formula is C14H14BrN3O3. The third-order valence-electron chi connectivity index (χ3n) is 3.58. The number of anilines is 1. The molecule has 2 aromatic rings. The molecule has 1 fully saturated rings. The van der Waals surface area contributed by atoms with Crippen molar-refractivity contribution in [3.05, 3.63) is 39.0 Å². The number of pyridine rings is 1. The van der Waals surface area contributed by atoms with Gasteiger partial charge in [-0.05, 0) is 31.0 Å². The number of benzene rings is 1. The van der Waals surface area contributed by atoms with Gasteiger partial charge in [0.15, 0.2) is 0 Å². The Morgan fingerprint density at radius 1 is 1.38 bits per heavy atom. The molecule has 3 rings (SSSR count). The van der Waals surface area contributed by atoms with Gasteiger partial charge in [-0.1, -0.05) is 15.9 Å². The lowest BCUT2D eigenvalue weighted by Crippen LogP contribution is -2.28. The van der Waals surface area contributed by atoms with Gasteiger partial charge < -0.3 is 10.1 Å². The summed E-state index contributed by atoms with van der Waals surface area (Å²) >= 11 is 3.41. The maximum absolute atomic E-state index is 11.3. The second-order valence-corrected chi connectivity index (χ2v) is 5.88. The van der Waals surface area contributed by atoms with E-state index in [0.29, 0.717) is 18.9 Å². The topological polar surface area (TPSA) is 77.3 Å². The fourth-order valence-corrected chi connectivity index (χ4v) is 2.85. The predicted octanol–water partition coefficient (Wildman–Crippen LogP) is 3.50. The zero-order chi connectivity index (χ0) is 14.8. The molecular weight excluding hydrogens is 338 g/mol. The Morgan fingerprint density at radius 3 is 2.86 bits per heavy atom. The average Bonchev–Trinajstić information content (AvgIpc) is 2.48. The van der Waals surface area contributed by atoms with Gasteiger partial charge in [0.25, 0.3) is 0 Å². The molecule has 0 spiro atoms. The third-order valence-corrected chi connectivity index (χ3v) is 4.07. The zero-order valence-electron chi connectivity index (χ0n) is 11.2. The van der Waals surface area contributed by atoms with Crippen molar-refractivity contribution in [2.75, 3.05) is 18.5 Å². The molecule has 0 saturated carbocycles. The van der Waals surface area contributed by atoms with Gasteiger partial charge in [0, 0.05) is 29.1 Å². The molecule has 1 aromatic carbocycles. The monoisotopic (exact) mass is 351 g/mol. The number of aromatic nitrogens is 1. The van der Waals surface area contributed by atoms with Crippen LogP contribution in [0.4, 0.5) is 11.4 Å². The summed E-state index contributed by atoms with van der Waals surface area (Å²) in [5.41, 5.74) is 1.28. The SMILES string of the molecule is O=[N+]([O-])c1cnc2ccc(Br)cc2c1NC1CCOCC1. The fourth-order valence-electron chi connectivity index (χ4n) is 2.49. The molecule has 1 saturated heterocycles. The fraction of sp³-hybridized carbons (Fsp3) is 0.357. The maximum atomic E-state index is 11.3. The molecule has 21 heavy (non-hydrogen) atoms. The van der Waals surface area contributed by atoms with Gasteiger partial charge in [-0.2, -0.15) is 0 Å². The van der Waals surface area contributed by atoms with Crippen LogP contribution in [0.15, 0.2) is 28.9 Å². The van der Waals surface area contributed by atoms with E-state index in [0.717, 1.165) is 28.2 Å². The minimum Gasteiger partial charge on any atom is -0.381 e. The summed E-state index contributed by atoms with van der Waals surface area (Å²) in [7, 11) is 0. The summed E-state index contributed by atoms with van der Waals surface area (Å²) in [6, 6.07) is 5.76. The first-order valence-electron chi connectivity index (χ1n) is 6.72. The molecule has 0 aliphatic carbocycles. The van der Waals surface area contributed by atoms with E-state index in [1.165, 1.54) is 6.20 Å². The van der Waals surface area contributed by atoms with Crippen molar-refractivity contribution in [3.8, 4) is 0 Å². The molecule has 1 aliphatic rings. The zero-order valence-corrected chi connectivity index (χ0v) is 12.8. The number of nitrogens with zero attached hydrogens (tertiary/aromatic N) is 2. The van der Waals surface area contributed by atoms with Gasteiger partial charge in [-0.3, -0.25) is 10.1 Å². The molecule has 7 heteroatoms. The van der Waals surface area contributed by atoms with Crippen LogP contribution < -0.4 is 5.32 Å². The summed E-state index contributed by atoms with van der Waals surface area (Å²) in [6.45, 7) is 1.36. The average molecular weight is 352 g/mol. The van der Waals surface area contributed by atoms with Crippen LogP contribution in [-0.2, 0) is 4.74 Å². The Balaban J connectivity index is 2.08. The summed E-state index contributed by atoms with van der Waals surface area (Å²) in [5.74, 6) is 0. The number of nitrogens with one attached hydrogen (secondary N) is 1. The van der Waals surface area contributed by atoms with Gasteiger partial charge in [-0.15, -0.1) is 0 Å². The van der Waals surface area contributed by atoms with Crippen LogP contribution in [0.25, 0.3) is 10.9 Å². The van der Waals surface area contributed by atoms with E-state index < -0.39 is 4.92 Å². The third kappa shape index (κ3) is 2.98. The van der Waals surface area contributed by atoms with Crippen LogP contribution in [0, 0.1) is 10.1 Å². The van der Waals surface area contributed by atoms with E-state index in [9.17, 15) is 10.1 Å². The highest BCUT2D eigenvalue weighted by Gasteiger charge is 2.22. The second kappa shape index (κ2) is 5.95. The lowest BCUT2D eigenvalue weighted by atomic mass is 10.1. The van der Waals surface area contributed by atoms with Crippen LogP contribution in [0.1, 0.15) is 12.8 Å². The molecule has 0 amide bonds. The number of fused-ring (bicyclic) bond motifs is 1. The predicted molar refractivity (Wildman–Crippen MR) is 83.6 cm³/mol. The largest absolute Gasteiger partial charge is 0.381 e. The standard InChI is InChI=1S/C14H14BrN3O3/c15-9-1-2-12-11(7-9)14(13(8-16-12)18(19)20)17-10-3-5-21-6-4-10/h1-2,7-8,10H,3-6H2,(H,16,17). The van der Waals surface area contributed by atoms with Gasteiger partial charge in [-0.25, -0.2) is 4.98 Å². The number of ether oxygens (including phenoxy) is 1. The number of nitro groups is 1. The number of hydrogen-bond acceptors (Lipinski definition) is 5. The number of halogens is 1. The van der Waals surface area contributed by atoms with Crippen LogP contribution in [-0.4, -0.2) is 29.2 Å². The Hall–Kier alpha value is -1.73. The van der Waals surface area contributed by atoms with Crippen molar-refractivity contribution in [1.82, 2.24) is 4.98 Å². The van der Waals surface area contributed by atoms with Gasteiger partial charge >= 0.3 is 5.69 Å². The highest BCUT2D eigenvalue weighted by Crippen LogP contribution is 2.34. The normalized spacial score (nSPS) is 16.0. The lowest BCUT2D eigenvalue weighted by molar-refractivity contribution is -0.384. The molecule has 0 unspecified atom stereocenters. The first-order valence-corrected chi connectivity index (χ1v) is 7.51. The number of hydrogen-bond donors (Lipinski definition) is 1. The van der Waals surface area contributed by atoms with Gasteiger partial charge in [0.2, 0.25) is 0 Å². The van der Waals surface area contributed by atoms with E-state index in [4.69, 9.17) is 4.74 Å². The molecule has 1 aliphatic heterocycles. The van der Waals surface area contributed by atoms with E-state index in [-0.39, 0.29) is 11.7 Å². The molecule has 2 heterocycles. The van der Waals surface area contributed by atoms with Gasteiger partial charge in [0.05, 0.1) is 10.4 Å². The molecule has 0 atom stereocenters. The molecule has 1 aromatic heterocycles. The first-order chi connectivity index (χ1) is 10.1. The minimum absolute atomic E-state index is 0.00657. The van der Waals surface area contributed by atoms with Crippen LogP contribution in [0.3, 0.4) is 0 Å². The Labute approximate surface area is 129 Å². The van der Waals surface area contributed by atoms with E-state index >= 15 is 0 Å².